The lowest BCUT2D eigenvalue weighted by Gasteiger charge is -2.42. The van der Waals surface area contributed by atoms with Gasteiger partial charge in [0.05, 0.1) is 6.04 Å². The van der Waals surface area contributed by atoms with Crippen LogP contribution in [0.2, 0.25) is 0 Å². The van der Waals surface area contributed by atoms with E-state index in [2.05, 4.69) is 23.8 Å². The third-order valence-corrected chi connectivity index (χ3v) is 4.21. The van der Waals surface area contributed by atoms with Crippen molar-refractivity contribution in [1.82, 2.24) is 9.80 Å². The Kier molecular flexibility index (Phi) is 4.91. The van der Waals surface area contributed by atoms with Crippen LogP contribution in [0.3, 0.4) is 0 Å². The molecule has 19 heavy (non-hydrogen) atoms. The summed E-state index contributed by atoms with van der Waals surface area (Å²) in [5.41, 5.74) is 6.63. The molecule has 1 aromatic carbocycles. The fourth-order valence-corrected chi connectivity index (χ4v) is 2.91. The molecule has 2 atom stereocenters. The van der Waals surface area contributed by atoms with E-state index in [1.807, 2.05) is 12.1 Å². The minimum absolute atomic E-state index is 0.0102. The van der Waals surface area contributed by atoms with Gasteiger partial charge in [0.1, 0.15) is 5.82 Å². The topological polar surface area (TPSA) is 32.5 Å². The van der Waals surface area contributed by atoms with Crippen LogP contribution in [0.5, 0.6) is 0 Å². The minimum atomic E-state index is -0.148. The van der Waals surface area contributed by atoms with Gasteiger partial charge in [0.2, 0.25) is 0 Å². The maximum atomic E-state index is 13.9. The molecule has 2 rings (SSSR count). The summed E-state index contributed by atoms with van der Waals surface area (Å²) >= 11 is 0. The van der Waals surface area contributed by atoms with E-state index in [9.17, 15) is 4.39 Å². The molecule has 4 heteroatoms. The van der Waals surface area contributed by atoms with Crippen molar-refractivity contribution in [2.75, 3.05) is 33.2 Å². The molecule has 2 unspecified atom stereocenters. The normalized spacial score (nSPS) is 23.5. The molecular formula is C15H24FN3. The average Bonchev–Trinajstić information content (AvgIpc) is 2.43. The molecule has 0 amide bonds. The highest BCUT2D eigenvalue weighted by atomic mass is 19.1. The van der Waals surface area contributed by atoms with E-state index in [-0.39, 0.29) is 11.9 Å². The number of rotatable bonds is 4. The van der Waals surface area contributed by atoms with Gasteiger partial charge in [-0.2, -0.15) is 0 Å². The molecule has 1 heterocycles. The zero-order valence-corrected chi connectivity index (χ0v) is 11.8. The molecule has 1 aliphatic heterocycles. The van der Waals surface area contributed by atoms with E-state index in [0.717, 1.165) is 31.6 Å². The molecule has 0 radical (unpaired) electrons. The Morgan fingerprint density at radius 3 is 2.74 bits per heavy atom. The molecule has 0 saturated carbocycles. The van der Waals surface area contributed by atoms with Crippen LogP contribution in [0.25, 0.3) is 0 Å². The molecule has 2 N–H and O–H groups in total. The first-order valence-electron chi connectivity index (χ1n) is 7.06. The van der Waals surface area contributed by atoms with Crippen LogP contribution in [-0.2, 0) is 0 Å². The van der Waals surface area contributed by atoms with Gasteiger partial charge in [-0.3, -0.25) is 4.90 Å². The standard InChI is InChI=1S/C15H24FN3/c1-3-12-11-19(9-8-18(12)2)15(10-17)13-6-4-5-7-14(13)16/h4-7,12,15H,3,8-11,17H2,1-2H3. The zero-order valence-electron chi connectivity index (χ0n) is 11.8. The van der Waals surface area contributed by atoms with Crippen LogP contribution < -0.4 is 5.73 Å². The number of piperazine rings is 1. The summed E-state index contributed by atoms with van der Waals surface area (Å²) in [6.45, 7) is 5.59. The fraction of sp³-hybridized carbons (Fsp3) is 0.600. The van der Waals surface area contributed by atoms with E-state index in [4.69, 9.17) is 5.73 Å². The Morgan fingerprint density at radius 2 is 2.11 bits per heavy atom. The van der Waals surface area contributed by atoms with Crippen LogP contribution in [0.1, 0.15) is 24.9 Å². The molecular weight excluding hydrogens is 241 g/mol. The summed E-state index contributed by atoms with van der Waals surface area (Å²) in [5, 5.41) is 0. The van der Waals surface area contributed by atoms with Crippen molar-refractivity contribution in [2.45, 2.75) is 25.4 Å². The third kappa shape index (κ3) is 3.14. The number of nitrogens with two attached hydrogens (primary N) is 1. The van der Waals surface area contributed by atoms with Crippen molar-refractivity contribution in [3.63, 3.8) is 0 Å². The molecule has 0 aliphatic carbocycles. The average molecular weight is 265 g/mol. The number of halogens is 1. The second kappa shape index (κ2) is 6.46. The summed E-state index contributed by atoms with van der Waals surface area (Å²) in [5.74, 6) is -0.148. The van der Waals surface area contributed by atoms with E-state index < -0.39 is 0 Å². The van der Waals surface area contributed by atoms with E-state index >= 15 is 0 Å². The van der Waals surface area contributed by atoms with Crippen LogP contribution in [0, 0.1) is 5.82 Å². The van der Waals surface area contributed by atoms with Gasteiger partial charge in [0.25, 0.3) is 0 Å². The molecule has 1 aliphatic rings. The van der Waals surface area contributed by atoms with Crippen molar-refractivity contribution in [3.05, 3.63) is 35.6 Å². The summed E-state index contributed by atoms with van der Waals surface area (Å²) in [7, 11) is 2.16. The summed E-state index contributed by atoms with van der Waals surface area (Å²) in [6.07, 6.45) is 1.11. The van der Waals surface area contributed by atoms with E-state index in [0.29, 0.717) is 12.6 Å². The first kappa shape index (κ1) is 14.4. The highest BCUT2D eigenvalue weighted by Crippen LogP contribution is 2.25. The smallest absolute Gasteiger partial charge is 0.128 e. The van der Waals surface area contributed by atoms with Crippen LogP contribution in [-0.4, -0.2) is 49.1 Å². The van der Waals surface area contributed by atoms with Gasteiger partial charge in [-0.25, -0.2) is 4.39 Å². The molecule has 3 nitrogen and oxygen atoms in total. The largest absolute Gasteiger partial charge is 0.329 e. The first-order valence-corrected chi connectivity index (χ1v) is 7.06. The summed E-state index contributed by atoms with van der Waals surface area (Å²) in [6, 6.07) is 7.51. The Labute approximate surface area is 115 Å². The molecule has 0 aromatic heterocycles. The molecule has 0 bridgehead atoms. The predicted octanol–water partition coefficient (Wildman–Crippen LogP) is 1.85. The van der Waals surface area contributed by atoms with Crippen molar-refractivity contribution in [3.8, 4) is 0 Å². The van der Waals surface area contributed by atoms with Gasteiger partial charge in [-0.05, 0) is 19.5 Å². The fourth-order valence-electron chi connectivity index (χ4n) is 2.91. The van der Waals surface area contributed by atoms with Crippen molar-refractivity contribution < 1.29 is 4.39 Å². The number of nitrogens with zero attached hydrogens (tertiary/aromatic N) is 2. The second-order valence-corrected chi connectivity index (χ2v) is 5.31. The monoisotopic (exact) mass is 265 g/mol. The maximum absolute atomic E-state index is 13.9. The molecule has 1 fully saturated rings. The Morgan fingerprint density at radius 1 is 1.37 bits per heavy atom. The second-order valence-electron chi connectivity index (χ2n) is 5.31. The van der Waals surface area contributed by atoms with Gasteiger partial charge < -0.3 is 10.6 Å². The maximum Gasteiger partial charge on any atom is 0.128 e. The molecule has 1 saturated heterocycles. The number of likely N-dealkylation sites (N-methyl/N-ethyl adjacent to an activating group) is 1. The van der Waals surface area contributed by atoms with Crippen molar-refractivity contribution >= 4 is 0 Å². The van der Waals surface area contributed by atoms with Crippen molar-refractivity contribution in [1.29, 1.82) is 0 Å². The SMILES string of the molecule is CCC1CN(C(CN)c2ccccc2F)CCN1C. The Hall–Kier alpha value is -0.970. The lowest BCUT2D eigenvalue weighted by atomic mass is 10.0. The third-order valence-electron chi connectivity index (χ3n) is 4.21. The lowest BCUT2D eigenvalue weighted by molar-refractivity contribution is 0.0633. The zero-order chi connectivity index (χ0) is 13.8. The van der Waals surface area contributed by atoms with E-state index in [1.165, 1.54) is 6.07 Å². The quantitative estimate of drug-likeness (QED) is 0.902. The van der Waals surface area contributed by atoms with Gasteiger partial charge in [-0.15, -0.1) is 0 Å². The minimum Gasteiger partial charge on any atom is -0.329 e. The van der Waals surface area contributed by atoms with Crippen LogP contribution in [0.4, 0.5) is 4.39 Å². The molecule has 106 valence electrons. The number of benzene rings is 1. The molecule has 0 spiro atoms. The lowest BCUT2D eigenvalue weighted by Crippen LogP contribution is -2.53. The Balaban J connectivity index is 2.16. The van der Waals surface area contributed by atoms with Gasteiger partial charge in [0, 0.05) is 37.8 Å². The first-order chi connectivity index (χ1) is 9.17. The highest BCUT2D eigenvalue weighted by molar-refractivity contribution is 5.22. The number of hydrogen-bond donors (Lipinski definition) is 1. The van der Waals surface area contributed by atoms with Gasteiger partial charge in [0.15, 0.2) is 0 Å². The van der Waals surface area contributed by atoms with Gasteiger partial charge >= 0.3 is 0 Å². The summed E-state index contributed by atoms with van der Waals surface area (Å²) < 4.78 is 13.9. The van der Waals surface area contributed by atoms with Crippen LogP contribution in [0.15, 0.2) is 24.3 Å². The van der Waals surface area contributed by atoms with Crippen LogP contribution >= 0.6 is 0 Å². The van der Waals surface area contributed by atoms with Gasteiger partial charge in [-0.1, -0.05) is 25.1 Å². The molecule has 1 aromatic rings. The number of hydrogen-bond acceptors (Lipinski definition) is 3. The van der Waals surface area contributed by atoms with E-state index in [1.54, 1.807) is 6.07 Å². The predicted molar refractivity (Wildman–Crippen MR) is 76.5 cm³/mol. The summed E-state index contributed by atoms with van der Waals surface area (Å²) in [4.78, 5) is 4.71. The van der Waals surface area contributed by atoms with Crippen molar-refractivity contribution in [2.24, 2.45) is 5.73 Å². The Bertz CT molecular complexity index is 410. The highest BCUT2D eigenvalue weighted by Gasteiger charge is 2.29.